The number of nitrogens with zero attached hydrogens (tertiary/aromatic N) is 3. The first-order valence-electron chi connectivity index (χ1n) is 9.69. The number of fused-ring (bicyclic) bond motifs is 1. The highest BCUT2D eigenvalue weighted by atomic mass is 32.2. The molecule has 0 saturated heterocycles. The number of nitrogen functional groups attached to an aromatic ring is 1. The van der Waals surface area contributed by atoms with Gasteiger partial charge in [-0.05, 0) is 48.7 Å². The van der Waals surface area contributed by atoms with Gasteiger partial charge in [0.2, 0.25) is 0 Å². The molecule has 3 aromatic rings. The van der Waals surface area contributed by atoms with Crippen LogP contribution in [0.15, 0.2) is 34.3 Å². The van der Waals surface area contributed by atoms with Crippen LogP contribution in [0.4, 0.5) is 16.0 Å². The Balaban J connectivity index is 2.29. The second-order valence-corrected chi connectivity index (χ2v) is 8.56. The number of halogens is 1. The molecule has 15 heteroatoms. The Hall–Kier alpha value is -2.79. The smallest absolute Gasteiger partial charge is 0.198 e. The van der Waals surface area contributed by atoms with Crippen LogP contribution < -0.4 is 43.5 Å². The van der Waals surface area contributed by atoms with Gasteiger partial charge in [-0.1, -0.05) is 6.07 Å². The van der Waals surface area contributed by atoms with Crippen molar-refractivity contribution in [3.8, 4) is 11.1 Å². The maximum absolute atomic E-state index is 14.5. The van der Waals surface area contributed by atoms with Gasteiger partial charge in [0.1, 0.15) is 18.0 Å². The number of aromatic nitrogens is 2. The van der Waals surface area contributed by atoms with Crippen molar-refractivity contribution in [2.45, 2.75) is 11.3 Å². The van der Waals surface area contributed by atoms with E-state index >= 15 is 0 Å². The van der Waals surface area contributed by atoms with Crippen molar-refractivity contribution in [2.75, 3.05) is 30.2 Å². The minimum Gasteiger partial charge on any atom is -0.382 e. The van der Waals surface area contributed by atoms with E-state index in [1.807, 2.05) is 6.07 Å². The molecule has 0 fully saturated rings. The van der Waals surface area contributed by atoms with E-state index in [0.29, 0.717) is 46.5 Å². The summed E-state index contributed by atoms with van der Waals surface area (Å²) in [7, 11) is 1.74. The third-order valence-corrected chi connectivity index (χ3v) is 5.97. The number of anilines is 2. The Labute approximate surface area is 198 Å². The van der Waals surface area contributed by atoms with Gasteiger partial charge in [-0.2, -0.15) is 0 Å². The van der Waals surface area contributed by atoms with Crippen LogP contribution in [0.5, 0.6) is 0 Å². The van der Waals surface area contributed by atoms with E-state index in [4.69, 9.17) is 33.2 Å². The fourth-order valence-corrected chi connectivity index (χ4v) is 4.61. The SMILES string of the molecule is CN(SON)c1c(SNCCCN)ccc(-c2cc(F)cc3[nH]c(N)nc23)c1/C(N)=N/NN. The van der Waals surface area contributed by atoms with Gasteiger partial charge in [0.25, 0.3) is 0 Å². The molecule has 0 unspecified atom stereocenters. The van der Waals surface area contributed by atoms with E-state index in [-0.39, 0.29) is 11.8 Å². The molecule has 0 amide bonds. The third-order valence-electron chi connectivity index (χ3n) is 4.58. The van der Waals surface area contributed by atoms with Gasteiger partial charge in [-0.25, -0.2) is 30.9 Å². The number of aromatic amines is 1. The molecule has 12 nitrogen and oxygen atoms in total. The van der Waals surface area contributed by atoms with Crippen molar-refractivity contribution in [2.24, 2.45) is 28.3 Å². The van der Waals surface area contributed by atoms with Gasteiger partial charge >= 0.3 is 0 Å². The largest absolute Gasteiger partial charge is 0.382 e. The van der Waals surface area contributed by atoms with E-state index in [1.54, 1.807) is 17.4 Å². The van der Waals surface area contributed by atoms with Gasteiger partial charge in [0, 0.05) is 24.1 Å². The molecule has 0 radical (unpaired) electrons. The molecule has 178 valence electrons. The Morgan fingerprint density at radius 1 is 1.33 bits per heavy atom. The van der Waals surface area contributed by atoms with Gasteiger partial charge in [-0.3, -0.25) is 9.03 Å². The van der Waals surface area contributed by atoms with E-state index < -0.39 is 5.82 Å². The van der Waals surface area contributed by atoms with Crippen LogP contribution in [0, 0.1) is 5.82 Å². The molecule has 3 rings (SSSR count). The molecule has 2 aromatic carbocycles. The molecule has 0 aliphatic carbocycles. The molecule has 0 atom stereocenters. The summed E-state index contributed by atoms with van der Waals surface area (Å²) in [4.78, 5) is 7.95. The van der Waals surface area contributed by atoms with Crippen LogP contribution in [0.2, 0.25) is 0 Å². The van der Waals surface area contributed by atoms with E-state index in [1.165, 1.54) is 24.1 Å². The fraction of sp³-hybridized carbons (Fsp3) is 0.222. The van der Waals surface area contributed by atoms with E-state index in [2.05, 4.69) is 25.3 Å². The molecule has 1 aromatic heterocycles. The fourth-order valence-electron chi connectivity index (χ4n) is 3.29. The van der Waals surface area contributed by atoms with Gasteiger partial charge in [0.15, 0.2) is 11.8 Å². The summed E-state index contributed by atoms with van der Waals surface area (Å²) < 4.78 is 24.2. The zero-order valence-corrected chi connectivity index (χ0v) is 19.4. The highest BCUT2D eigenvalue weighted by Gasteiger charge is 2.24. The third kappa shape index (κ3) is 5.59. The summed E-state index contributed by atoms with van der Waals surface area (Å²) >= 11 is 2.25. The predicted molar refractivity (Wildman–Crippen MR) is 133 cm³/mol. The van der Waals surface area contributed by atoms with Crippen LogP contribution >= 0.6 is 24.2 Å². The molecule has 0 aliphatic rings. The number of benzene rings is 2. The number of rotatable bonds is 11. The minimum atomic E-state index is -0.476. The zero-order valence-electron chi connectivity index (χ0n) is 17.8. The van der Waals surface area contributed by atoms with Crippen molar-refractivity contribution < 1.29 is 8.67 Å². The van der Waals surface area contributed by atoms with Gasteiger partial charge in [-0.15, -0.1) is 5.10 Å². The number of imidazole rings is 1. The lowest BCUT2D eigenvalue weighted by molar-refractivity contribution is 0.397. The molecule has 1 heterocycles. The minimum absolute atomic E-state index is 0.0531. The molecular formula is C18H26FN11OS2. The summed E-state index contributed by atoms with van der Waals surface area (Å²) in [6, 6.07) is 6.33. The lowest BCUT2D eigenvalue weighted by atomic mass is 9.96. The standard InChI is InChI=1S/C18H26FN11OS2/c1-30(33-31-24)16-13(32-25-6-2-5-20)4-3-10(14(16)17(21)28-29-23)11-7-9(19)8-12-15(11)27-18(22)26-12/h3-4,7-8,25,29H,2,5-6,20,23-24H2,1H3,(H2,21,28)(H3,22,26,27). The van der Waals surface area contributed by atoms with Crippen LogP contribution in [0.1, 0.15) is 12.0 Å². The Bertz CT molecular complexity index is 1140. The first-order chi connectivity index (χ1) is 15.9. The number of nitrogens with two attached hydrogens (primary N) is 5. The van der Waals surface area contributed by atoms with Gasteiger partial charge < -0.3 is 22.2 Å². The number of hydrazine groups is 1. The Kier molecular flexibility index (Phi) is 8.56. The number of hydrogen-bond acceptors (Lipinski definition) is 12. The predicted octanol–water partition coefficient (Wildman–Crippen LogP) is 0.870. The van der Waals surface area contributed by atoms with Crippen LogP contribution in [0.3, 0.4) is 0 Å². The number of hydrazone groups is 1. The average molecular weight is 496 g/mol. The second-order valence-electron chi connectivity index (χ2n) is 6.74. The Morgan fingerprint density at radius 2 is 2.12 bits per heavy atom. The van der Waals surface area contributed by atoms with Crippen molar-refractivity contribution in [1.82, 2.24) is 20.2 Å². The van der Waals surface area contributed by atoms with Crippen molar-refractivity contribution in [1.29, 1.82) is 0 Å². The highest BCUT2D eigenvalue weighted by molar-refractivity contribution is 7.98. The molecule has 33 heavy (non-hydrogen) atoms. The topological polar surface area (TPSA) is 208 Å². The lowest BCUT2D eigenvalue weighted by Gasteiger charge is -2.24. The Morgan fingerprint density at radius 3 is 2.82 bits per heavy atom. The number of amidine groups is 1. The molecule has 0 bridgehead atoms. The zero-order chi connectivity index (χ0) is 24.0. The maximum Gasteiger partial charge on any atom is 0.198 e. The second kappa shape index (κ2) is 11.4. The molecular weight excluding hydrogens is 469 g/mol. The summed E-state index contributed by atoms with van der Waals surface area (Å²) in [5.41, 5.74) is 22.9. The van der Waals surface area contributed by atoms with Crippen molar-refractivity contribution in [3.63, 3.8) is 0 Å². The number of nitrogens with one attached hydrogen (secondary N) is 3. The van der Waals surface area contributed by atoms with Crippen molar-refractivity contribution in [3.05, 3.63) is 35.6 Å². The molecule has 0 saturated carbocycles. The van der Waals surface area contributed by atoms with Gasteiger partial charge in [0.05, 0.1) is 22.3 Å². The van der Waals surface area contributed by atoms with E-state index in [0.717, 1.165) is 23.5 Å². The monoisotopic (exact) mass is 495 g/mol. The highest BCUT2D eigenvalue weighted by Crippen LogP contribution is 2.42. The molecule has 0 aliphatic heterocycles. The molecule has 13 N–H and O–H groups in total. The van der Waals surface area contributed by atoms with Crippen LogP contribution in [0.25, 0.3) is 22.2 Å². The van der Waals surface area contributed by atoms with Crippen LogP contribution in [-0.4, -0.2) is 35.9 Å². The first-order valence-corrected chi connectivity index (χ1v) is 11.2. The lowest BCUT2D eigenvalue weighted by Crippen LogP contribution is -2.26. The number of hydrogen-bond donors (Lipinski definition) is 8. The summed E-state index contributed by atoms with van der Waals surface area (Å²) in [5, 5.41) is 3.96. The first kappa shape index (κ1) is 24.8. The summed E-state index contributed by atoms with van der Waals surface area (Å²) in [6.07, 6.45) is 0.798. The van der Waals surface area contributed by atoms with E-state index in [9.17, 15) is 4.39 Å². The average Bonchev–Trinajstić information content (AvgIpc) is 3.15. The molecule has 0 spiro atoms. The summed E-state index contributed by atoms with van der Waals surface area (Å²) in [6.45, 7) is 1.25. The number of H-pyrrole nitrogens is 1. The maximum atomic E-state index is 14.5. The quantitative estimate of drug-likeness (QED) is 0.0354. The van der Waals surface area contributed by atoms with Crippen molar-refractivity contribution >= 4 is 52.7 Å². The normalized spacial score (nSPS) is 11.8. The summed E-state index contributed by atoms with van der Waals surface area (Å²) in [5.74, 6) is 10.4. The van der Waals surface area contributed by atoms with Crippen LogP contribution in [-0.2, 0) is 4.28 Å².